The molecule has 2 heterocycles. The Balaban J connectivity index is 2.05. The summed E-state index contributed by atoms with van der Waals surface area (Å²) in [5.41, 5.74) is 6.58. The van der Waals surface area contributed by atoms with Gasteiger partial charge in [0.25, 0.3) is 0 Å². The van der Waals surface area contributed by atoms with E-state index in [1.165, 1.54) is 0 Å². The molecule has 0 aliphatic carbocycles. The van der Waals surface area contributed by atoms with E-state index in [1.54, 1.807) is 6.20 Å². The van der Waals surface area contributed by atoms with Crippen molar-refractivity contribution in [2.75, 3.05) is 19.6 Å². The van der Waals surface area contributed by atoms with Crippen molar-refractivity contribution >= 4 is 5.91 Å². The molecule has 1 aromatic rings. The van der Waals surface area contributed by atoms with E-state index < -0.39 is 0 Å². The van der Waals surface area contributed by atoms with Crippen LogP contribution in [0, 0.1) is 0 Å². The molecule has 0 bridgehead atoms. The molecule has 1 fully saturated rings. The molecule has 1 saturated heterocycles. The number of pyridine rings is 1. The van der Waals surface area contributed by atoms with Crippen LogP contribution in [0.1, 0.15) is 5.69 Å². The number of carbonyl (C=O) groups excluding carboxylic acids is 1. The van der Waals surface area contributed by atoms with Crippen LogP contribution in [0.2, 0.25) is 0 Å². The van der Waals surface area contributed by atoms with Crippen LogP contribution in [0.3, 0.4) is 0 Å². The van der Waals surface area contributed by atoms with Crippen LogP contribution in [0.4, 0.5) is 0 Å². The Kier molecular flexibility index (Phi) is 3.48. The van der Waals surface area contributed by atoms with Gasteiger partial charge in [-0.3, -0.25) is 14.7 Å². The first-order chi connectivity index (χ1) is 7.81. The van der Waals surface area contributed by atoms with Gasteiger partial charge in [-0.25, -0.2) is 0 Å². The van der Waals surface area contributed by atoms with E-state index in [0.717, 1.165) is 12.2 Å². The summed E-state index contributed by atoms with van der Waals surface area (Å²) in [4.78, 5) is 17.9. The molecular weight excluding hydrogens is 204 g/mol. The van der Waals surface area contributed by atoms with Gasteiger partial charge < -0.3 is 11.1 Å². The largest absolute Gasteiger partial charge is 0.353 e. The van der Waals surface area contributed by atoms with Gasteiger partial charge in [-0.05, 0) is 12.1 Å². The summed E-state index contributed by atoms with van der Waals surface area (Å²) in [6.45, 7) is 2.53. The molecule has 5 heteroatoms. The molecule has 0 radical (unpaired) electrons. The number of hydrogen-bond acceptors (Lipinski definition) is 4. The second-order valence-electron chi connectivity index (χ2n) is 3.83. The van der Waals surface area contributed by atoms with E-state index in [1.807, 2.05) is 18.2 Å². The molecule has 1 aliphatic heterocycles. The lowest BCUT2D eigenvalue weighted by molar-refractivity contribution is -0.128. The molecule has 1 aromatic heterocycles. The molecule has 2 rings (SSSR count). The summed E-state index contributed by atoms with van der Waals surface area (Å²) in [7, 11) is 0. The minimum atomic E-state index is -0.226. The van der Waals surface area contributed by atoms with Crippen molar-refractivity contribution < 1.29 is 4.79 Å². The average molecular weight is 220 g/mol. The van der Waals surface area contributed by atoms with Gasteiger partial charge in [-0.15, -0.1) is 0 Å². The standard InChI is InChI=1S/C11H16N4O/c12-7-10-11(16)14-5-6-15(10)8-9-3-1-2-4-13-9/h1-4,10H,5-8,12H2,(H,14,16). The molecule has 0 saturated carbocycles. The normalized spacial score (nSPS) is 21.8. The van der Waals surface area contributed by atoms with Gasteiger partial charge in [0.2, 0.25) is 5.91 Å². The topological polar surface area (TPSA) is 71.2 Å². The number of piperazine rings is 1. The summed E-state index contributed by atoms with van der Waals surface area (Å²) >= 11 is 0. The number of rotatable bonds is 3. The average Bonchev–Trinajstić information content (AvgIpc) is 2.31. The minimum Gasteiger partial charge on any atom is -0.353 e. The Morgan fingerprint density at radius 3 is 3.12 bits per heavy atom. The van der Waals surface area contributed by atoms with Crippen LogP contribution in [0.5, 0.6) is 0 Å². The van der Waals surface area contributed by atoms with E-state index in [0.29, 0.717) is 19.6 Å². The summed E-state index contributed by atoms with van der Waals surface area (Å²) in [5.74, 6) is 0.0182. The maximum absolute atomic E-state index is 11.6. The number of carbonyl (C=O) groups is 1. The zero-order chi connectivity index (χ0) is 11.4. The molecule has 1 aliphatic rings. The molecule has 5 nitrogen and oxygen atoms in total. The van der Waals surface area contributed by atoms with Crippen molar-refractivity contribution in [1.82, 2.24) is 15.2 Å². The molecule has 1 atom stereocenters. The van der Waals surface area contributed by atoms with E-state index in [4.69, 9.17) is 5.73 Å². The Morgan fingerprint density at radius 2 is 2.44 bits per heavy atom. The number of nitrogens with one attached hydrogen (secondary N) is 1. The van der Waals surface area contributed by atoms with E-state index in [2.05, 4.69) is 15.2 Å². The monoisotopic (exact) mass is 220 g/mol. The maximum Gasteiger partial charge on any atom is 0.238 e. The highest BCUT2D eigenvalue weighted by Gasteiger charge is 2.28. The van der Waals surface area contributed by atoms with Gasteiger partial charge in [-0.1, -0.05) is 6.07 Å². The molecular formula is C11H16N4O. The van der Waals surface area contributed by atoms with Crippen LogP contribution in [-0.4, -0.2) is 41.5 Å². The molecule has 0 aromatic carbocycles. The number of aromatic nitrogens is 1. The van der Waals surface area contributed by atoms with E-state index in [-0.39, 0.29) is 11.9 Å². The predicted octanol–water partition coefficient (Wildman–Crippen LogP) is -0.659. The number of nitrogens with zero attached hydrogens (tertiary/aromatic N) is 2. The van der Waals surface area contributed by atoms with Crippen molar-refractivity contribution in [3.05, 3.63) is 30.1 Å². The highest BCUT2D eigenvalue weighted by Crippen LogP contribution is 2.08. The summed E-state index contributed by atoms with van der Waals surface area (Å²) < 4.78 is 0. The zero-order valence-electron chi connectivity index (χ0n) is 9.10. The second-order valence-corrected chi connectivity index (χ2v) is 3.83. The highest BCUT2D eigenvalue weighted by molar-refractivity contribution is 5.82. The van der Waals surface area contributed by atoms with Crippen molar-refractivity contribution in [3.63, 3.8) is 0 Å². The first kappa shape index (κ1) is 11.0. The number of hydrogen-bond donors (Lipinski definition) is 2. The van der Waals surface area contributed by atoms with Crippen LogP contribution >= 0.6 is 0 Å². The van der Waals surface area contributed by atoms with Gasteiger partial charge in [0.1, 0.15) is 6.04 Å². The van der Waals surface area contributed by atoms with Crippen molar-refractivity contribution in [2.45, 2.75) is 12.6 Å². The molecule has 16 heavy (non-hydrogen) atoms. The van der Waals surface area contributed by atoms with Crippen molar-refractivity contribution in [1.29, 1.82) is 0 Å². The smallest absolute Gasteiger partial charge is 0.238 e. The molecule has 86 valence electrons. The fourth-order valence-corrected chi connectivity index (χ4v) is 1.91. The Hall–Kier alpha value is -1.46. The van der Waals surface area contributed by atoms with Gasteiger partial charge in [-0.2, -0.15) is 0 Å². The SMILES string of the molecule is NCC1C(=O)NCCN1Cc1ccccn1. The number of nitrogens with two attached hydrogens (primary N) is 1. The lowest BCUT2D eigenvalue weighted by Crippen LogP contribution is -2.57. The van der Waals surface area contributed by atoms with E-state index >= 15 is 0 Å². The third-order valence-electron chi connectivity index (χ3n) is 2.76. The van der Waals surface area contributed by atoms with Gasteiger partial charge in [0.15, 0.2) is 0 Å². The third-order valence-corrected chi connectivity index (χ3v) is 2.76. The van der Waals surface area contributed by atoms with Crippen LogP contribution in [0.15, 0.2) is 24.4 Å². The molecule has 1 amide bonds. The van der Waals surface area contributed by atoms with Gasteiger partial charge >= 0.3 is 0 Å². The fraction of sp³-hybridized carbons (Fsp3) is 0.455. The minimum absolute atomic E-state index is 0.0182. The van der Waals surface area contributed by atoms with Crippen LogP contribution < -0.4 is 11.1 Å². The van der Waals surface area contributed by atoms with Crippen LogP contribution in [-0.2, 0) is 11.3 Å². The molecule has 3 N–H and O–H groups in total. The second kappa shape index (κ2) is 5.05. The quantitative estimate of drug-likeness (QED) is 0.709. The number of amides is 1. The maximum atomic E-state index is 11.6. The zero-order valence-corrected chi connectivity index (χ0v) is 9.10. The predicted molar refractivity (Wildman–Crippen MR) is 60.5 cm³/mol. The summed E-state index contributed by atoms with van der Waals surface area (Å²) in [5, 5.41) is 2.82. The van der Waals surface area contributed by atoms with Crippen molar-refractivity contribution in [2.24, 2.45) is 5.73 Å². The molecule has 0 spiro atoms. The Bertz CT molecular complexity index is 354. The van der Waals surface area contributed by atoms with Crippen LogP contribution in [0.25, 0.3) is 0 Å². The highest BCUT2D eigenvalue weighted by atomic mass is 16.2. The van der Waals surface area contributed by atoms with Gasteiger partial charge in [0.05, 0.1) is 5.69 Å². The van der Waals surface area contributed by atoms with Gasteiger partial charge in [0, 0.05) is 32.4 Å². The first-order valence-corrected chi connectivity index (χ1v) is 5.43. The molecule has 1 unspecified atom stereocenters. The Labute approximate surface area is 94.6 Å². The third kappa shape index (κ3) is 2.37. The van der Waals surface area contributed by atoms with Crippen molar-refractivity contribution in [3.8, 4) is 0 Å². The Morgan fingerprint density at radius 1 is 1.56 bits per heavy atom. The lowest BCUT2D eigenvalue weighted by atomic mass is 10.1. The van der Waals surface area contributed by atoms with E-state index in [9.17, 15) is 4.79 Å². The summed E-state index contributed by atoms with van der Waals surface area (Å²) in [6, 6.07) is 5.56. The fourth-order valence-electron chi connectivity index (χ4n) is 1.91. The lowest BCUT2D eigenvalue weighted by Gasteiger charge is -2.33. The first-order valence-electron chi connectivity index (χ1n) is 5.43. The summed E-state index contributed by atoms with van der Waals surface area (Å²) in [6.07, 6.45) is 1.76.